The van der Waals surface area contributed by atoms with Crippen LogP contribution < -0.4 is 4.72 Å². The minimum Gasteiger partial charge on any atom is -0.342 e. The zero-order valence-electron chi connectivity index (χ0n) is 14.4. The molecule has 0 unspecified atom stereocenters. The van der Waals surface area contributed by atoms with Crippen LogP contribution in [0.4, 0.5) is 0 Å². The third-order valence-electron chi connectivity index (χ3n) is 4.22. The van der Waals surface area contributed by atoms with Gasteiger partial charge in [-0.05, 0) is 37.5 Å². The van der Waals surface area contributed by atoms with Crippen LogP contribution in [0.3, 0.4) is 0 Å². The van der Waals surface area contributed by atoms with Gasteiger partial charge in [-0.3, -0.25) is 4.99 Å². The molecule has 0 saturated heterocycles. The fraction of sp³-hybridized carbons (Fsp3) is 0.316. The molecular weight excluding hydrogens is 334 g/mol. The summed E-state index contributed by atoms with van der Waals surface area (Å²) in [4.78, 5) is 6.68. The van der Waals surface area contributed by atoms with Crippen LogP contribution in [0.25, 0.3) is 0 Å². The number of sulfonamides is 1. The maximum atomic E-state index is 12.6. The first-order valence-corrected chi connectivity index (χ1v) is 9.96. The van der Waals surface area contributed by atoms with Crippen molar-refractivity contribution in [2.45, 2.75) is 24.7 Å². The first kappa shape index (κ1) is 17.5. The summed E-state index contributed by atoms with van der Waals surface area (Å²) in [7, 11) is -3.61. The molecule has 0 spiro atoms. The number of benzene rings is 2. The van der Waals surface area contributed by atoms with E-state index < -0.39 is 10.0 Å². The van der Waals surface area contributed by atoms with Crippen molar-refractivity contribution in [3.8, 4) is 0 Å². The molecule has 0 aromatic heterocycles. The van der Waals surface area contributed by atoms with Gasteiger partial charge in [-0.25, -0.2) is 13.1 Å². The van der Waals surface area contributed by atoms with Gasteiger partial charge >= 0.3 is 0 Å². The van der Waals surface area contributed by atoms with E-state index in [0.717, 1.165) is 31.5 Å². The molecule has 1 aliphatic rings. The minimum atomic E-state index is -3.61. The molecule has 0 atom stereocenters. The van der Waals surface area contributed by atoms with Crippen molar-refractivity contribution in [2.24, 2.45) is 4.99 Å². The highest BCUT2D eigenvalue weighted by atomic mass is 32.2. The maximum Gasteiger partial charge on any atom is 0.264 e. The van der Waals surface area contributed by atoms with Gasteiger partial charge in [0, 0.05) is 19.6 Å². The molecule has 2 aromatic carbocycles. The number of aliphatic imine (C=N–C) groups is 1. The zero-order chi connectivity index (χ0) is 17.7. The number of guanidine groups is 1. The van der Waals surface area contributed by atoms with Crippen LogP contribution in [0.15, 0.2) is 64.5 Å². The number of hydrogen-bond acceptors (Lipinski definition) is 4. The molecule has 132 valence electrons. The van der Waals surface area contributed by atoms with Gasteiger partial charge in [-0.15, -0.1) is 0 Å². The summed E-state index contributed by atoms with van der Waals surface area (Å²) in [6, 6.07) is 17.0. The summed E-state index contributed by atoms with van der Waals surface area (Å²) in [5, 5.41) is 0. The Morgan fingerprint density at radius 2 is 1.80 bits per heavy atom. The number of hydrogen-bond donors (Lipinski definition) is 1. The predicted molar refractivity (Wildman–Crippen MR) is 100 cm³/mol. The average molecular weight is 357 g/mol. The number of aryl methyl sites for hydroxylation is 1. The Hall–Kier alpha value is -2.34. The molecular formula is C19H23N3O2S. The van der Waals surface area contributed by atoms with Crippen molar-refractivity contribution in [2.75, 3.05) is 19.6 Å². The van der Waals surface area contributed by atoms with E-state index in [1.54, 1.807) is 24.3 Å². The van der Waals surface area contributed by atoms with Crippen molar-refractivity contribution in [1.82, 2.24) is 9.62 Å². The molecule has 1 N–H and O–H groups in total. The van der Waals surface area contributed by atoms with Crippen LogP contribution >= 0.6 is 0 Å². The van der Waals surface area contributed by atoms with E-state index >= 15 is 0 Å². The Labute approximate surface area is 149 Å². The fourth-order valence-electron chi connectivity index (χ4n) is 2.77. The second-order valence-corrected chi connectivity index (χ2v) is 7.88. The average Bonchev–Trinajstić information content (AvgIpc) is 2.62. The molecule has 0 fully saturated rings. The lowest BCUT2D eigenvalue weighted by atomic mass is 10.1. The van der Waals surface area contributed by atoms with Crippen LogP contribution in [0.5, 0.6) is 0 Å². The highest BCUT2D eigenvalue weighted by Crippen LogP contribution is 2.12. The fourth-order valence-corrected chi connectivity index (χ4v) is 3.82. The van der Waals surface area contributed by atoms with Gasteiger partial charge in [0.05, 0.1) is 4.90 Å². The summed E-state index contributed by atoms with van der Waals surface area (Å²) in [5.74, 6) is 0.447. The molecule has 1 aliphatic heterocycles. The van der Waals surface area contributed by atoms with Crippen molar-refractivity contribution in [3.05, 3.63) is 65.7 Å². The predicted octanol–water partition coefficient (Wildman–Crippen LogP) is 2.58. The van der Waals surface area contributed by atoms with E-state index in [1.165, 1.54) is 5.56 Å². The van der Waals surface area contributed by atoms with Gasteiger partial charge in [0.1, 0.15) is 0 Å². The summed E-state index contributed by atoms with van der Waals surface area (Å²) in [5.41, 5.74) is 2.26. The highest BCUT2D eigenvalue weighted by Gasteiger charge is 2.22. The molecule has 0 aliphatic carbocycles. The van der Waals surface area contributed by atoms with Crippen LogP contribution in [0.2, 0.25) is 0 Å². The Bertz CT molecular complexity index is 831. The maximum absolute atomic E-state index is 12.6. The molecule has 1 heterocycles. The lowest BCUT2D eigenvalue weighted by Crippen LogP contribution is -2.47. The van der Waals surface area contributed by atoms with Gasteiger partial charge in [0.15, 0.2) is 0 Å². The smallest absolute Gasteiger partial charge is 0.264 e. The Morgan fingerprint density at radius 1 is 1.08 bits per heavy atom. The van der Waals surface area contributed by atoms with Crippen LogP contribution in [0.1, 0.15) is 17.5 Å². The number of nitrogens with zero attached hydrogens (tertiary/aromatic N) is 2. The van der Waals surface area contributed by atoms with E-state index in [0.29, 0.717) is 12.5 Å². The van der Waals surface area contributed by atoms with E-state index in [4.69, 9.17) is 0 Å². The monoisotopic (exact) mass is 357 g/mol. The number of rotatable bonds is 5. The normalized spacial score (nSPS) is 14.9. The Morgan fingerprint density at radius 3 is 2.52 bits per heavy atom. The molecule has 2 aromatic rings. The van der Waals surface area contributed by atoms with E-state index in [-0.39, 0.29) is 4.90 Å². The lowest BCUT2D eigenvalue weighted by molar-refractivity contribution is 0.389. The van der Waals surface area contributed by atoms with Crippen molar-refractivity contribution in [3.63, 3.8) is 0 Å². The molecule has 0 saturated carbocycles. The largest absolute Gasteiger partial charge is 0.342 e. The quantitative estimate of drug-likeness (QED) is 0.895. The van der Waals surface area contributed by atoms with Gasteiger partial charge in [-0.2, -0.15) is 0 Å². The van der Waals surface area contributed by atoms with Gasteiger partial charge in [0.2, 0.25) is 5.96 Å². The molecule has 0 radical (unpaired) electrons. The zero-order valence-corrected chi connectivity index (χ0v) is 15.2. The highest BCUT2D eigenvalue weighted by molar-refractivity contribution is 7.90. The summed E-state index contributed by atoms with van der Waals surface area (Å²) in [6.07, 6.45) is 1.79. The summed E-state index contributed by atoms with van der Waals surface area (Å²) >= 11 is 0. The van der Waals surface area contributed by atoms with Crippen molar-refractivity contribution in [1.29, 1.82) is 0 Å². The first-order valence-electron chi connectivity index (χ1n) is 8.47. The molecule has 25 heavy (non-hydrogen) atoms. The number of nitrogens with one attached hydrogen (secondary N) is 1. The van der Waals surface area contributed by atoms with Crippen molar-refractivity contribution < 1.29 is 8.42 Å². The van der Waals surface area contributed by atoms with Crippen LogP contribution in [-0.4, -0.2) is 38.9 Å². The SMILES string of the molecule is Cc1ccc(S(=O)(=O)NC2=NCCCN2CCc2ccccc2)cc1. The lowest BCUT2D eigenvalue weighted by Gasteiger charge is -2.29. The first-order chi connectivity index (χ1) is 12.0. The summed E-state index contributed by atoms with van der Waals surface area (Å²) in [6.45, 7) is 4.12. The second kappa shape index (κ2) is 7.70. The molecule has 6 heteroatoms. The summed E-state index contributed by atoms with van der Waals surface area (Å²) < 4.78 is 27.9. The molecule has 0 bridgehead atoms. The molecule has 5 nitrogen and oxygen atoms in total. The van der Waals surface area contributed by atoms with E-state index in [1.807, 2.05) is 30.0 Å². The Balaban J connectivity index is 1.70. The molecule has 0 amide bonds. The third-order valence-corrected chi connectivity index (χ3v) is 5.56. The van der Waals surface area contributed by atoms with Gasteiger partial charge in [-0.1, -0.05) is 48.0 Å². The topological polar surface area (TPSA) is 61.8 Å². The second-order valence-electron chi connectivity index (χ2n) is 6.20. The van der Waals surface area contributed by atoms with Gasteiger partial charge in [0.25, 0.3) is 10.0 Å². The Kier molecular flexibility index (Phi) is 5.38. The van der Waals surface area contributed by atoms with Crippen LogP contribution in [0, 0.1) is 6.92 Å². The van der Waals surface area contributed by atoms with E-state index in [9.17, 15) is 8.42 Å². The standard InChI is InChI=1S/C19H23N3O2S/c1-16-8-10-18(11-9-16)25(23,24)21-19-20-13-5-14-22(19)15-12-17-6-3-2-4-7-17/h2-4,6-11H,5,12-15H2,1H3,(H,20,21). The minimum absolute atomic E-state index is 0.259. The van der Waals surface area contributed by atoms with Crippen molar-refractivity contribution >= 4 is 16.0 Å². The van der Waals surface area contributed by atoms with Gasteiger partial charge < -0.3 is 4.90 Å². The molecule has 3 rings (SSSR count). The third kappa shape index (κ3) is 4.60. The van der Waals surface area contributed by atoms with Crippen LogP contribution in [-0.2, 0) is 16.4 Å². The van der Waals surface area contributed by atoms with E-state index in [2.05, 4.69) is 21.8 Å².